The summed E-state index contributed by atoms with van der Waals surface area (Å²) < 4.78 is 4.87. The molecule has 0 aliphatic carbocycles. The highest BCUT2D eigenvalue weighted by Gasteiger charge is 2.15. The van der Waals surface area contributed by atoms with Crippen LogP contribution in [0.1, 0.15) is 16.1 Å². The van der Waals surface area contributed by atoms with Crippen molar-refractivity contribution < 1.29 is 14.6 Å². The van der Waals surface area contributed by atoms with Gasteiger partial charge in [-0.15, -0.1) is 0 Å². The molecule has 0 aliphatic rings. The fourth-order valence-electron chi connectivity index (χ4n) is 1.32. The lowest BCUT2D eigenvalue weighted by molar-refractivity contribution is 0.0834. The number of methoxy groups -OCH3 is 1. The van der Waals surface area contributed by atoms with Crippen LogP contribution in [0.4, 0.5) is 0 Å². The van der Waals surface area contributed by atoms with E-state index in [1.54, 1.807) is 12.3 Å². The molecule has 5 heteroatoms. The normalized spacial score (nSPS) is 12.2. The molecule has 1 aromatic heterocycles. The highest BCUT2D eigenvalue weighted by Crippen LogP contribution is 2.03. The van der Waals surface area contributed by atoms with Gasteiger partial charge in [-0.05, 0) is 18.6 Å². The molecule has 0 radical (unpaired) electrons. The Morgan fingerprint density at radius 2 is 2.44 bits per heavy atom. The van der Waals surface area contributed by atoms with Gasteiger partial charge in [0.05, 0.1) is 19.3 Å². The second-order valence-electron chi connectivity index (χ2n) is 3.48. The molecule has 0 spiro atoms. The third kappa shape index (κ3) is 3.29. The molecule has 1 atom stereocenters. The second-order valence-corrected chi connectivity index (χ2v) is 3.48. The van der Waals surface area contributed by atoms with Crippen molar-refractivity contribution in [2.45, 2.75) is 13.0 Å². The number of carbonyl (C=O) groups excluding carboxylic acids is 1. The minimum absolute atomic E-state index is 0.161. The van der Waals surface area contributed by atoms with E-state index >= 15 is 0 Å². The molecule has 0 saturated heterocycles. The summed E-state index contributed by atoms with van der Waals surface area (Å²) in [7, 11) is 1.51. The number of pyridine rings is 1. The van der Waals surface area contributed by atoms with Crippen molar-refractivity contribution in [3.8, 4) is 0 Å². The summed E-state index contributed by atoms with van der Waals surface area (Å²) >= 11 is 0. The molecule has 1 aromatic rings. The molecule has 1 amide bonds. The Kier molecular flexibility index (Phi) is 4.88. The number of amides is 1. The van der Waals surface area contributed by atoms with Crippen LogP contribution in [0.2, 0.25) is 0 Å². The number of nitrogens with one attached hydrogen (secondary N) is 1. The zero-order chi connectivity index (χ0) is 12.0. The van der Waals surface area contributed by atoms with Gasteiger partial charge in [0.2, 0.25) is 0 Å². The summed E-state index contributed by atoms with van der Waals surface area (Å²) in [6.45, 7) is 1.92. The van der Waals surface area contributed by atoms with Gasteiger partial charge in [0, 0.05) is 13.3 Å². The van der Waals surface area contributed by atoms with Crippen molar-refractivity contribution in [2.75, 3.05) is 20.3 Å². The van der Waals surface area contributed by atoms with Crippen LogP contribution < -0.4 is 5.32 Å². The molecule has 0 saturated carbocycles. The molecular weight excluding hydrogens is 208 g/mol. The number of aliphatic hydroxyl groups is 1. The summed E-state index contributed by atoms with van der Waals surface area (Å²) in [4.78, 5) is 15.8. The number of nitrogens with zero attached hydrogens (tertiary/aromatic N) is 1. The predicted molar refractivity (Wildman–Crippen MR) is 59.2 cm³/mol. The van der Waals surface area contributed by atoms with Gasteiger partial charge in [0.25, 0.3) is 5.91 Å². The van der Waals surface area contributed by atoms with E-state index in [0.29, 0.717) is 5.69 Å². The summed E-state index contributed by atoms with van der Waals surface area (Å²) in [5, 5.41) is 11.7. The maximum Gasteiger partial charge on any atom is 0.270 e. The minimum atomic E-state index is -0.404. The van der Waals surface area contributed by atoms with Gasteiger partial charge in [-0.25, -0.2) is 0 Å². The average molecular weight is 224 g/mol. The van der Waals surface area contributed by atoms with Crippen molar-refractivity contribution in [1.82, 2.24) is 10.3 Å². The quantitative estimate of drug-likeness (QED) is 0.745. The van der Waals surface area contributed by atoms with E-state index in [2.05, 4.69) is 10.3 Å². The lowest BCUT2D eigenvalue weighted by atomic mass is 10.2. The number of rotatable bonds is 5. The standard InChI is InChI=1S/C11H16N2O3/c1-8-4-3-5-12-10(8)11(15)13-9(6-14)7-16-2/h3-5,9,14H,6-7H2,1-2H3,(H,13,15). The molecule has 0 aromatic carbocycles. The van der Waals surface area contributed by atoms with Crippen LogP contribution in [0.3, 0.4) is 0 Å². The first-order valence-corrected chi connectivity index (χ1v) is 5.01. The Morgan fingerprint density at radius 1 is 1.69 bits per heavy atom. The van der Waals surface area contributed by atoms with Gasteiger partial charge in [-0.3, -0.25) is 9.78 Å². The van der Waals surface area contributed by atoms with Crippen LogP contribution in [-0.2, 0) is 4.74 Å². The first-order chi connectivity index (χ1) is 7.69. The van der Waals surface area contributed by atoms with Gasteiger partial charge in [0.1, 0.15) is 5.69 Å². The molecule has 0 bridgehead atoms. The number of aromatic nitrogens is 1. The third-order valence-corrected chi connectivity index (χ3v) is 2.15. The Bertz CT molecular complexity index is 355. The number of aryl methyl sites for hydroxylation is 1. The number of hydrogen-bond acceptors (Lipinski definition) is 4. The number of carbonyl (C=O) groups is 1. The maximum absolute atomic E-state index is 11.8. The number of hydrogen-bond donors (Lipinski definition) is 2. The molecule has 0 aliphatic heterocycles. The number of aliphatic hydroxyl groups excluding tert-OH is 1. The summed E-state index contributed by atoms with van der Waals surface area (Å²) in [5.74, 6) is -0.297. The molecular formula is C11H16N2O3. The van der Waals surface area contributed by atoms with Gasteiger partial charge in [-0.1, -0.05) is 6.07 Å². The SMILES string of the molecule is COCC(CO)NC(=O)c1ncccc1C. The van der Waals surface area contributed by atoms with Crippen LogP contribution in [-0.4, -0.2) is 42.4 Å². The van der Waals surface area contributed by atoms with E-state index < -0.39 is 6.04 Å². The minimum Gasteiger partial charge on any atom is -0.394 e. The molecule has 16 heavy (non-hydrogen) atoms. The fourth-order valence-corrected chi connectivity index (χ4v) is 1.32. The Balaban J connectivity index is 2.68. The molecule has 1 heterocycles. The third-order valence-electron chi connectivity index (χ3n) is 2.15. The Labute approximate surface area is 94.5 Å². The summed E-state index contributed by atoms with van der Waals surface area (Å²) in [6, 6.07) is 3.18. The number of ether oxygens (including phenoxy) is 1. The Morgan fingerprint density at radius 3 is 3.00 bits per heavy atom. The topological polar surface area (TPSA) is 71.5 Å². The zero-order valence-corrected chi connectivity index (χ0v) is 9.43. The van der Waals surface area contributed by atoms with E-state index in [1.165, 1.54) is 7.11 Å². The van der Waals surface area contributed by atoms with E-state index in [-0.39, 0.29) is 19.1 Å². The molecule has 88 valence electrons. The van der Waals surface area contributed by atoms with Gasteiger partial charge in [0.15, 0.2) is 0 Å². The van der Waals surface area contributed by atoms with Crippen molar-refractivity contribution >= 4 is 5.91 Å². The smallest absolute Gasteiger partial charge is 0.270 e. The fraction of sp³-hybridized carbons (Fsp3) is 0.455. The van der Waals surface area contributed by atoms with Gasteiger partial charge >= 0.3 is 0 Å². The summed E-state index contributed by atoms with van der Waals surface area (Å²) in [6.07, 6.45) is 1.56. The van der Waals surface area contributed by atoms with E-state index in [4.69, 9.17) is 9.84 Å². The monoisotopic (exact) mass is 224 g/mol. The zero-order valence-electron chi connectivity index (χ0n) is 9.43. The molecule has 0 fully saturated rings. The second kappa shape index (κ2) is 6.19. The van der Waals surface area contributed by atoms with Crippen LogP contribution >= 0.6 is 0 Å². The van der Waals surface area contributed by atoms with Crippen molar-refractivity contribution in [1.29, 1.82) is 0 Å². The predicted octanol–water partition coefficient (Wildman–Crippen LogP) is 0.127. The van der Waals surface area contributed by atoms with Crippen LogP contribution in [0, 0.1) is 6.92 Å². The van der Waals surface area contributed by atoms with E-state index in [1.807, 2.05) is 13.0 Å². The lowest BCUT2D eigenvalue weighted by Crippen LogP contribution is -2.41. The van der Waals surface area contributed by atoms with Crippen LogP contribution in [0.25, 0.3) is 0 Å². The summed E-state index contributed by atoms with van der Waals surface area (Å²) in [5.41, 5.74) is 1.17. The van der Waals surface area contributed by atoms with E-state index in [9.17, 15) is 4.79 Å². The molecule has 2 N–H and O–H groups in total. The average Bonchev–Trinajstić information content (AvgIpc) is 2.28. The molecule has 5 nitrogen and oxygen atoms in total. The van der Waals surface area contributed by atoms with Crippen molar-refractivity contribution in [3.05, 3.63) is 29.6 Å². The van der Waals surface area contributed by atoms with E-state index in [0.717, 1.165) is 5.56 Å². The van der Waals surface area contributed by atoms with Crippen LogP contribution in [0.5, 0.6) is 0 Å². The van der Waals surface area contributed by atoms with Crippen LogP contribution in [0.15, 0.2) is 18.3 Å². The molecule has 1 unspecified atom stereocenters. The maximum atomic E-state index is 11.8. The van der Waals surface area contributed by atoms with Gasteiger partial charge < -0.3 is 15.2 Å². The highest BCUT2D eigenvalue weighted by atomic mass is 16.5. The lowest BCUT2D eigenvalue weighted by Gasteiger charge is -2.15. The Hall–Kier alpha value is -1.46. The molecule has 1 rings (SSSR count). The van der Waals surface area contributed by atoms with Gasteiger partial charge in [-0.2, -0.15) is 0 Å². The first-order valence-electron chi connectivity index (χ1n) is 5.01. The van der Waals surface area contributed by atoms with Crippen molar-refractivity contribution in [3.63, 3.8) is 0 Å². The first kappa shape index (κ1) is 12.6. The van der Waals surface area contributed by atoms with Crippen molar-refractivity contribution in [2.24, 2.45) is 0 Å². The highest BCUT2D eigenvalue weighted by molar-refractivity contribution is 5.93. The largest absolute Gasteiger partial charge is 0.394 e.